The topological polar surface area (TPSA) is 68.4 Å². The summed E-state index contributed by atoms with van der Waals surface area (Å²) in [5, 5.41) is 9.12. The van der Waals surface area contributed by atoms with Gasteiger partial charge in [0.15, 0.2) is 0 Å². The summed E-state index contributed by atoms with van der Waals surface area (Å²) in [6.45, 7) is 0.737. The summed E-state index contributed by atoms with van der Waals surface area (Å²) in [6, 6.07) is 3.62. The van der Waals surface area contributed by atoms with Crippen LogP contribution in [0.3, 0.4) is 0 Å². The van der Waals surface area contributed by atoms with E-state index in [4.69, 9.17) is 15.6 Å². The van der Waals surface area contributed by atoms with Crippen molar-refractivity contribution in [2.45, 2.75) is 12.5 Å². The van der Waals surface area contributed by atoms with Crippen molar-refractivity contribution in [3.8, 4) is 5.75 Å². The summed E-state index contributed by atoms with van der Waals surface area (Å²) in [7, 11) is 0. The Bertz CT molecular complexity index is 228. The summed E-state index contributed by atoms with van der Waals surface area (Å²) >= 11 is 0. The van der Waals surface area contributed by atoms with Gasteiger partial charge in [0.05, 0.1) is 18.9 Å². The van der Waals surface area contributed by atoms with Gasteiger partial charge in [-0.05, 0) is 12.1 Å². The van der Waals surface area contributed by atoms with Crippen molar-refractivity contribution in [1.82, 2.24) is 4.98 Å². The lowest BCUT2D eigenvalue weighted by Gasteiger charge is -2.08. The highest BCUT2D eigenvalue weighted by atomic mass is 16.5. The molecule has 4 heteroatoms. The molecule has 0 aliphatic carbocycles. The second-order valence-corrected chi connectivity index (χ2v) is 2.72. The van der Waals surface area contributed by atoms with Gasteiger partial charge in [0.2, 0.25) is 0 Å². The molecule has 0 spiro atoms. The molecule has 0 amide bonds. The van der Waals surface area contributed by atoms with E-state index in [1.165, 1.54) is 0 Å². The van der Waals surface area contributed by atoms with E-state index in [-0.39, 0.29) is 6.54 Å². The number of hydrogen-bond donors (Lipinski definition) is 2. The maximum Gasteiger partial charge on any atom is 0.137 e. The minimum Gasteiger partial charge on any atom is -0.492 e. The minimum atomic E-state index is -0.475. The monoisotopic (exact) mass is 182 g/mol. The van der Waals surface area contributed by atoms with Gasteiger partial charge in [0, 0.05) is 19.2 Å². The first kappa shape index (κ1) is 9.95. The summed E-state index contributed by atoms with van der Waals surface area (Å²) in [4.78, 5) is 3.89. The molecule has 1 heterocycles. The van der Waals surface area contributed by atoms with Gasteiger partial charge in [0.1, 0.15) is 5.75 Å². The van der Waals surface area contributed by atoms with E-state index in [0.29, 0.717) is 18.8 Å². The SMILES string of the molecule is NCC(O)CCOc1cccnc1. The molecule has 1 rings (SSSR count). The number of ether oxygens (including phenoxy) is 1. The maximum absolute atomic E-state index is 9.12. The summed E-state index contributed by atoms with van der Waals surface area (Å²) in [5.41, 5.74) is 5.23. The zero-order valence-corrected chi connectivity index (χ0v) is 7.39. The van der Waals surface area contributed by atoms with Gasteiger partial charge in [-0.2, -0.15) is 0 Å². The number of aromatic nitrogens is 1. The van der Waals surface area contributed by atoms with E-state index >= 15 is 0 Å². The zero-order valence-electron chi connectivity index (χ0n) is 7.39. The Labute approximate surface area is 77.4 Å². The minimum absolute atomic E-state index is 0.274. The fourth-order valence-corrected chi connectivity index (χ4v) is 0.863. The highest BCUT2D eigenvalue weighted by molar-refractivity contribution is 5.15. The van der Waals surface area contributed by atoms with Crippen LogP contribution in [-0.4, -0.2) is 29.3 Å². The average Bonchev–Trinajstić information content (AvgIpc) is 2.19. The predicted molar refractivity (Wildman–Crippen MR) is 49.4 cm³/mol. The van der Waals surface area contributed by atoms with Gasteiger partial charge in [-0.15, -0.1) is 0 Å². The molecule has 13 heavy (non-hydrogen) atoms. The molecule has 0 aromatic carbocycles. The standard InChI is InChI=1S/C9H14N2O2/c10-6-8(12)3-5-13-9-2-1-4-11-7-9/h1-2,4,7-8,12H,3,5-6,10H2. The lowest BCUT2D eigenvalue weighted by atomic mass is 10.3. The lowest BCUT2D eigenvalue weighted by Crippen LogP contribution is -2.21. The molecule has 0 saturated heterocycles. The number of aliphatic hydroxyl groups excluding tert-OH is 1. The van der Waals surface area contributed by atoms with Crippen LogP contribution in [0.15, 0.2) is 24.5 Å². The van der Waals surface area contributed by atoms with Crippen LogP contribution in [0.2, 0.25) is 0 Å². The van der Waals surface area contributed by atoms with E-state index in [2.05, 4.69) is 4.98 Å². The third kappa shape index (κ3) is 3.87. The molecule has 0 saturated carbocycles. The number of hydrogen-bond acceptors (Lipinski definition) is 4. The third-order valence-corrected chi connectivity index (χ3v) is 1.63. The molecule has 1 unspecified atom stereocenters. The van der Waals surface area contributed by atoms with Crippen molar-refractivity contribution in [1.29, 1.82) is 0 Å². The summed E-state index contributed by atoms with van der Waals surface area (Å²) in [6.07, 6.45) is 3.39. The van der Waals surface area contributed by atoms with Crippen molar-refractivity contribution in [3.63, 3.8) is 0 Å². The van der Waals surface area contributed by atoms with Crippen molar-refractivity contribution in [2.75, 3.05) is 13.2 Å². The first-order valence-electron chi connectivity index (χ1n) is 4.24. The lowest BCUT2D eigenvalue weighted by molar-refractivity contribution is 0.146. The van der Waals surface area contributed by atoms with Gasteiger partial charge in [0.25, 0.3) is 0 Å². The van der Waals surface area contributed by atoms with E-state index in [9.17, 15) is 0 Å². The van der Waals surface area contributed by atoms with Crippen LogP contribution in [0.25, 0.3) is 0 Å². The van der Waals surface area contributed by atoms with Crippen LogP contribution in [0, 0.1) is 0 Å². The second-order valence-electron chi connectivity index (χ2n) is 2.72. The Kier molecular flexibility index (Phi) is 4.21. The Morgan fingerprint density at radius 3 is 3.08 bits per heavy atom. The molecular weight excluding hydrogens is 168 g/mol. The Balaban J connectivity index is 2.20. The molecule has 1 aromatic rings. The zero-order chi connectivity index (χ0) is 9.52. The fourth-order valence-electron chi connectivity index (χ4n) is 0.863. The normalized spacial score (nSPS) is 12.5. The Morgan fingerprint density at radius 2 is 2.46 bits per heavy atom. The molecule has 0 fully saturated rings. The molecule has 0 aliphatic rings. The van der Waals surface area contributed by atoms with Crippen LogP contribution < -0.4 is 10.5 Å². The van der Waals surface area contributed by atoms with Gasteiger partial charge in [-0.25, -0.2) is 0 Å². The van der Waals surface area contributed by atoms with E-state index < -0.39 is 6.10 Å². The Morgan fingerprint density at radius 1 is 1.62 bits per heavy atom. The first-order valence-corrected chi connectivity index (χ1v) is 4.24. The van der Waals surface area contributed by atoms with Crippen LogP contribution in [0.5, 0.6) is 5.75 Å². The largest absolute Gasteiger partial charge is 0.492 e. The number of rotatable bonds is 5. The highest BCUT2D eigenvalue weighted by Gasteiger charge is 2.00. The molecule has 0 aliphatic heterocycles. The van der Waals surface area contributed by atoms with Crippen molar-refractivity contribution >= 4 is 0 Å². The number of nitrogens with zero attached hydrogens (tertiary/aromatic N) is 1. The van der Waals surface area contributed by atoms with Gasteiger partial charge >= 0.3 is 0 Å². The predicted octanol–water partition coefficient (Wildman–Crippen LogP) is 0.170. The summed E-state index contributed by atoms with van der Waals surface area (Å²) < 4.78 is 5.30. The average molecular weight is 182 g/mol. The summed E-state index contributed by atoms with van der Waals surface area (Å²) in [5.74, 6) is 0.715. The van der Waals surface area contributed by atoms with Crippen LogP contribution in [0.4, 0.5) is 0 Å². The van der Waals surface area contributed by atoms with Gasteiger partial charge in [-0.3, -0.25) is 4.98 Å². The quantitative estimate of drug-likeness (QED) is 0.681. The molecule has 1 atom stereocenters. The van der Waals surface area contributed by atoms with Gasteiger partial charge in [-0.1, -0.05) is 0 Å². The van der Waals surface area contributed by atoms with Crippen molar-refractivity contribution in [3.05, 3.63) is 24.5 Å². The van der Waals surface area contributed by atoms with Crippen LogP contribution in [0.1, 0.15) is 6.42 Å². The van der Waals surface area contributed by atoms with E-state index in [0.717, 1.165) is 0 Å². The highest BCUT2D eigenvalue weighted by Crippen LogP contribution is 2.06. The molecule has 4 nitrogen and oxygen atoms in total. The number of aliphatic hydroxyl groups is 1. The molecule has 1 aromatic heterocycles. The number of pyridine rings is 1. The smallest absolute Gasteiger partial charge is 0.137 e. The van der Waals surface area contributed by atoms with E-state index in [1.807, 2.05) is 6.07 Å². The maximum atomic E-state index is 9.12. The first-order chi connectivity index (χ1) is 6.33. The number of nitrogens with two attached hydrogens (primary N) is 1. The van der Waals surface area contributed by atoms with Gasteiger partial charge < -0.3 is 15.6 Å². The fraction of sp³-hybridized carbons (Fsp3) is 0.444. The molecule has 0 bridgehead atoms. The van der Waals surface area contributed by atoms with Crippen LogP contribution >= 0.6 is 0 Å². The third-order valence-electron chi connectivity index (χ3n) is 1.63. The molecule has 3 N–H and O–H groups in total. The Hall–Kier alpha value is -1.13. The second kappa shape index (κ2) is 5.50. The molecular formula is C9H14N2O2. The van der Waals surface area contributed by atoms with Crippen molar-refractivity contribution in [2.24, 2.45) is 5.73 Å². The van der Waals surface area contributed by atoms with E-state index in [1.54, 1.807) is 18.5 Å². The molecule has 72 valence electrons. The molecule has 0 radical (unpaired) electrons. The van der Waals surface area contributed by atoms with Crippen molar-refractivity contribution < 1.29 is 9.84 Å². The van der Waals surface area contributed by atoms with Crippen LogP contribution in [-0.2, 0) is 0 Å².